The fraction of sp³-hybridized carbons (Fsp3) is 0.683. The summed E-state index contributed by atoms with van der Waals surface area (Å²) in [5.41, 5.74) is 0. The average Bonchev–Trinajstić information content (AvgIpc) is 3.07. The summed E-state index contributed by atoms with van der Waals surface area (Å²) in [4.78, 5) is 23.0. The lowest BCUT2D eigenvalue weighted by atomic mass is 10.1. The Kier molecular flexibility index (Phi) is 31.2. The van der Waals surface area contributed by atoms with E-state index < -0.39 is 26.1 Å². The Balaban J connectivity index is 4.74. The predicted molar refractivity (Wildman–Crippen MR) is 213 cm³/mol. The summed E-state index contributed by atoms with van der Waals surface area (Å²) in [7, 11) is 1.46. The average molecular weight is 738 g/mol. The molecule has 0 aliphatic carbocycles. The Morgan fingerprint density at radius 3 is 2.08 bits per heavy atom. The molecule has 0 saturated carbocycles. The zero-order valence-electron chi connectivity index (χ0n) is 32.7. The van der Waals surface area contributed by atoms with E-state index in [0.717, 1.165) is 32.1 Å². The Labute approximate surface area is 311 Å². The third-order valence-corrected chi connectivity index (χ3v) is 8.96. The normalized spacial score (nSPS) is 16.0. The van der Waals surface area contributed by atoms with Crippen LogP contribution in [0.3, 0.4) is 0 Å². The molecule has 294 valence electrons. The Morgan fingerprint density at radius 1 is 0.725 bits per heavy atom. The van der Waals surface area contributed by atoms with Gasteiger partial charge in [-0.05, 0) is 64.2 Å². The molecule has 1 unspecified atom stereocenters. The van der Waals surface area contributed by atoms with Crippen LogP contribution in [0, 0.1) is 0 Å². The number of nitrogens with one attached hydrogen (secondary N) is 1. The molecular weight excluding hydrogens is 663 g/mol. The van der Waals surface area contributed by atoms with Crippen molar-refractivity contribution >= 4 is 13.7 Å². The first-order valence-electron chi connectivity index (χ1n) is 19.4. The van der Waals surface area contributed by atoms with Crippen LogP contribution in [0.15, 0.2) is 72.9 Å². The highest BCUT2D eigenvalue weighted by atomic mass is 31.2. The molecule has 1 amide bonds. The molecule has 0 bridgehead atoms. The van der Waals surface area contributed by atoms with Crippen LogP contribution >= 0.6 is 7.82 Å². The molecule has 0 saturated heterocycles. The lowest BCUT2D eigenvalue weighted by Crippen LogP contribution is -2.45. The molecule has 0 aliphatic rings. The Bertz CT molecular complexity index is 1080. The van der Waals surface area contributed by atoms with Crippen LogP contribution in [0.5, 0.6) is 0 Å². The minimum absolute atomic E-state index is 0.0305. The second-order valence-electron chi connectivity index (χ2n) is 14.1. The quantitative estimate of drug-likeness (QED) is 0.0174. The van der Waals surface area contributed by atoms with E-state index >= 15 is 0 Å². The van der Waals surface area contributed by atoms with Crippen molar-refractivity contribution < 1.29 is 38.0 Å². The Morgan fingerprint density at radius 2 is 1.33 bits per heavy atom. The number of unbranched alkanes of at least 4 members (excludes halogenated alkanes) is 10. The summed E-state index contributed by atoms with van der Waals surface area (Å²) >= 11 is 0. The number of nitrogens with zero attached hydrogens (tertiary/aromatic N) is 1. The minimum Gasteiger partial charge on any atom is -0.389 e. The first kappa shape index (κ1) is 48.9. The number of quaternary nitrogens is 1. The van der Waals surface area contributed by atoms with E-state index in [9.17, 15) is 24.5 Å². The van der Waals surface area contributed by atoms with Crippen molar-refractivity contribution in [3.63, 3.8) is 0 Å². The molecule has 0 radical (unpaired) electrons. The summed E-state index contributed by atoms with van der Waals surface area (Å²) in [5.74, 6) is -0.275. The third kappa shape index (κ3) is 34.7. The molecule has 4 N–H and O–H groups in total. The highest BCUT2D eigenvalue weighted by Crippen LogP contribution is 2.43. The smallest absolute Gasteiger partial charge is 0.389 e. The van der Waals surface area contributed by atoms with Crippen molar-refractivity contribution in [2.24, 2.45) is 0 Å². The molecule has 0 aromatic rings. The van der Waals surface area contributed by atoms with E-state index in [-0.39, 0.29) is 25.5 Å². The summed E-state index contributed by atoms with van der Waals surface area (Å²) in [6, 6.07) is -0.914. The highest BCUT2D eigenvalue weighted by molar-refractivity contribution is 7.47. The van der Waals surface area contributed by atoms with Gasteiger partial charge in [0.2, 0.25) is 5.91 Å². The molecule has 0 aromatic carbocycles. The first-order chi connectivity index (χ1) is 24.4. The maximum atomic E-state index is 12.8. The van der Waals surface area contributed by atoms with Gasteiger partial charge in [0.25, 0.3) is 0 Å². The number of aliphatic hydroxyl groups excluding tert-OH is 2. The molecule has 0 heterocycles. The number of hydrogen-bond acceptors (Lipinski definition) is 6. The number of carbonyl (C=O) groups excluding carboxylic acids is 1. The largest absolute Gasteiger partial charge is 0.472 e. The maximum Gasteiger partial charge on any atom is 0.472 e. The molecule has 0 fully saturated rings. The van der Waals surface area contributed by atoms with E-state index in [2.05, 4.69) is 37.4 Å². The SMILES string of the molecule is CCCCC/C=C\C=C/[C@H](O)C/C=C\C/C=C/CCCC(=O)N[C@@H](COP(=O)(O)OCC[N+](C)(C)C)[C@H](O)/C=C/CC/C=C\CCCCCCC. The van der Waals surface area contributed by atoms with Crippen LogP contribution in [0.25, 0.3) is 0 Å². The van der Waals surface area contributed by atoms with Crippen LogP contribution in [-0.2, 0) is 18.4 Å². The van der Waals surface area contributed by atoms with E-state index in [1.165, 1.54) is 51.4 Å². The first-order valence-corrected chi connectivity index (χ1v) is 20.9. The third-order valence-electron chi connectivity index (χ3n) is 7.98. The molecule has 9 nitrogen and oxygen atoms in total. The number of hydrogen-bond donors (Lipinski definition) is 4. The fourth-order valence-electron chi connectivity index (χ4n) is 4.77. The Hall–Kier alpha value is -2.10. The zero-order valence-corrected chi connectivity index (χ0v) is 33.6. The van der Waals surface area contributed by atoms with Crippen LogP contribution in [0.2, 0.25) is 0 Å². The molecule has 0 spiro atoms. The number of rotatable bonds is 33. The minimum atomic E-state index is -4.37. The summed E-state index contributed by atoms with van der Waals surface area (Å²) in [6.07, 6.45) is 38.6. The summed E-state index contributed by atoms with van der Waals surface area (Å²) in [5, 5.41) is 23.7. The summed E-state index contributed by atoms with van der Waals surface area (Å²) < 4.78 is 23.4. The van der Waals surface area contributed by atoms with Gasteiger partial charge in [-0.15, -0.1) is 0 Å². The van der Waals surface area contributed by atoms with Gasteiger partial charge in [-0.25, -0.2) is 4.57 Å². The number of carbonyl (C=O) groups is 1. The highest BCUT2D eigenvalue weighted by Gasteiger charge is 2.27. The van der Waals surface area contributed by atoms with Gasteiger partial charge in [0.15, 0.2) is 0 Å². The van der Waals surface area contributed by atoms with Gasteiger partial charge in [-0.2, -0.15) is 0 Å². The van der Waals surface area contributed by atoms with Gasteiger partial charge in [-0.3, -0.25) is 13.8 Å². The molecular formula is C41H74N2O7P+. The van der Waals surface area contributed by atoms with Crippen molar-refractivity contribution in [1.82, 2.24) is 5.32 Å². The number of phosphoric acid groups is 1. The number of amides is 1. The van der Waals surface area contributed by atoms with E-state index in [4.69, 9.17) is 9.05 Å². The van der Waals surface area contributed by atoms with Crippen molar-refractivity contribution in [1.29, 1.82) is 0 Å². The van der Waals surface area contributed by atoms with E-state index in [1.54, 1.807) is 12.2 Å². The van der Waals surface area contributed by atoms with Gasteiger partial charge < -0.3 is 24.9 Å². The van der Waals surface area contributed by atoms with Crippen molar-refractivity contribution in [3.8, 4) is 0 Å². The maximum absolute atomic E-state index is 12.8. The number of aliphatic hydroxyl groups is 2. The van der Waals surface area contributed by atoms with Crippen LogP contribution < -0.4 is 5.32 Å². The topological polar surface area (TPSA) is 125 Å². The molecule has 51 heavy (non-hydrogen) atoms. The van der Waals surface area contributed by atoms with Gasteiger partial charge in [-0.1, -0.05) is 125 Å². The van der Waals surface area contributed by atoms with Crippen LogP contribution in [0.4, 0.5) is 0 Å². The molecule has 4 atom stereocenters. The van der Waals surface area contributed by atoms with Gasteiger partial charge in [0.05, 0.1) is 46.0 Å². The van der Waals surface area contributed by atoms with Crippen molar-refractivity contribution in [3.05, 3.63) is 72.9 Å². The molecule has 0 aliphatic heterocycles. The van der Waals surface area contributed by atoms with Crippen molar-refractivity contribution in [2.45, 2.75) is 141 Å². The predicted octanol–water partition coefficient (Wildman–Crippen LogP) is 9.04. The van der Waals surface area contributed by atoms with Crippen LogP contribution in [-0.4, -0.2) is 84.6 Å². The lowest BCUT2D eigenvalue weighted by Gasteiger charge is -2.25. The standard InChI is InChI=1S/C41H73N2O7P/c1-6-8-10-12-14-15-16-17-21-25-29-33-40(45)39(37-50-51(47,48)49-36-35-43(3,4)5)42-41(46)34-30-26-22-18-20-24-28-32-38(44)31-27-23-19-13-11-9-7-2/h16-19,22-24,27-29,31,33,38-40,44-45H,6-15,20-21,25-26,30,32,34-37H2,1-5H3,(H-,42,46,47,48)/p+1/b17-16-,22-18+,23-19-,28-24-,31-27-,33-29+/t38-,39-,40+/m0/s1. The monoisotopic (exact) mass is 738 g/mol. The zero-order chi connectivity index (χ0) is 38.1. The molecule has 0 rings (SSSR count). The molecule has 0 aromatic heterocycles. The number of allylic oxidation sites excluding steroid dienone is 9. The lowest BCUT2D eigenvalue weighted by molar-refractivity contribution is -0.870. The van der Waals surface area contributed by atoms with Gasteiger partial charge >= 0.3 is 7.82 Å². The van der Waals surface area contributed by atoms with Crippen LogP contribution in [0.1, 0.15) is 123 Å². The molecule has 10 heteroatoms. The summed E-state index contributed by atoms with van der Waals surface area (Å²) in [6.45, 7) is 4.57. The van der Waals surface area contributed by atoms with E-state index in [1.807, 2.05) is 63.7 Å². The van der Waals surface area contributed by atoms with Crippen molar-refractivity contribution in [2.75, 3.05) is 40.9 Å². The number of likely N-dealkylation sites (N-methyl/N-ethyl adjacent to an activating group) is 1. The van der Waals surface area contributed by atoms with Gasteiger partial charge in [0.1, 0.15) is 13.2 Å². The fourth-order valence-corrected chi connectivity index (χ4v) is 5.51. The second kappa shape index (κ2) is 32.5. The van der Waals surface area contributed by atoms with Gasteiger partial charge in [0, 0.05) is 6.42 Å². The van der Waals surface area contributed by atoms with E-state index in [0.29, 0.717) is 30.3 Å². The number of phosphoric ester groups is 1. The second-order valence-corrected chi connectivity index (χ2v) is 15.6.